The maximum absolute atomic E-state index is 12.3. The Hall–Kier alpha value is -3.42. The van der Waals surface area contributed by atoms with E-state index in [1.165, 1.54) is 6.08 Å². The maximum atomic E-state index is 12.3. The summed E-state index contributed by atoms with van der Waals surface area (Å²) in [5, 5.41) is 5.61. The zero-order valence-corrected chi connectivity index (χ0v) is 16.7. The van der Waals surface area contributed by atoms with Crippen LogP contribution in [0.4, 0.5) is 5.82 Å². The first-order chi connectivity index (χ1) is 13.9. The lowest BCUT2D eigenvalue weighted by molar-refractivity contribution is -0.111. The molecule has 0 radical (unpaired) electrons. The zero-order chi connectivity index (χ0) is 21.0. The summed E-state index contributed by atoms with van der Waals surface area (Å²) in [6.45, 7) is 3.65. The smallest absolute Gasteiger partial charge is 0.360 e. The van der Waals surface area contributed by atoms with Crippen molar-refractivity contribution in [3.8, 4) is 0 Å². The van der Waals surface area contributed by atoms with E-state index in [0.717, 1.165) is 18.4 Å². The number of benzene rings is 1. The third-order valence-electron chi connectivity index (χ3n) is 4.54. The molecule has 1 saturated carbocycles. The number of nitrogens with one attached hydrogen (secondary N) is 2. The summed E-state index contributed by atoms with van der Waals surface area (Å²) in [6, 6.07) is 7.28. The summed E-state index contributed by atoms with van der Waals surface area (Å²) < 4.78 is 6.61. The Balaban J connectivity index is 1.65. The van der Waals surface area contributed by atoms with Crippen LogP contribution in [-0.2, 0) is 16.6 Å². The number of rotatable bonds is 7. The fraction of sp³-hybridized carbons (Fsp3) is 0.333. The molecule has 1 aromatic carbocycles. The first kappa shape index (κ1) is 20.3. The molecule has 29 heavy (non-hydrogen) atoms. The third kappa shape index (κ3) is 5.10. The lowest BCUT2D eigenvalue weighted by Crippen LogP contribution is -2.25. The van der Waals surface area contributed by atoms with Gasteiger partial charge in [0.2, 0.25) is 5.91 Å². The van der Waals surface area contributed by atoms with E-state index in [2.05, 4.69) is 15.6 Å². The Kier molecular flexibility index (Phi) is 6.11. The van der Waals surface area contributed by atoms with Crippen molar-refractivity contribution in [2.24, 2.45) is 7.05 Å². The van der Waals surface area contributed by atoms with E-state index in [1.807, 2.05) is 0 Å². The standard InChI is InChI=1S/C21H24N4O4/c1-4-29-21(28)18-19(25(3)13(2)22-18)24-17(26)12-7-14-5-8-15(9-6-14)20(27)23-16-10-11-16/h5-9,12,16H,4,10-11H2,1-3H3,(H,23,27)(H,24,26)/b12-7+. The van der Waals surface area contributed by atoms with Crippen molar-refractivity contribution in [2.75, 3.05) is 11.9 Å². The molecule has 0 saturated heterocycles. The number of amides is 2. The Labute approximate surface area is 169 Å². The summed E-state index contributed by atoms with van der Waals surface area (Å²) >= 11 is 0. The van der Waals surface area contributed by atoms with Crippen LogP contribution in [0.5, 0.6) is 0 Å². The van der Waals surface area contributed by atoms with E-state index in [0.29, 0.717) is 17.4 Å². The van der Waals surface area contributed by atoms with Crippen LogP contribution in [0.3, 0.4) is 0 Å². The largest absolute Gasteiger partial charge is 0.461 e. The van der Waals surface area contributed by atoms with Crippen LogP contribution in [0.1, 0.15) is 52.0 Å². The van der Waals surface area contributed by atoms with Gasteiger partial charge < -0.3 is 19.9 Å². The van der Waals surface area contributed by atoms with Gasteiger partial charge in [0, 0.05) is 24.7 Å². The maximum Gasteiger partial charge on any atom is 0.360 e. The first-order valence-corrected chi connectivity index (χ1v) is 9.49. The molecule has 1 aliphatic carbocycles. The van der Waals surface area contributed by atoms with Gasteiger partial charge in [-0.15, -0.1) is 0 Å². The average molecular weight is 396 g/mol. The van der Waals surface area contributed by atoms with Gasteiger partial charge in [0.05, 0.1) is 6.61 Å². The minimum Gasteiger partial charge on any atom is -0.461 e. The quantitative estimate of drug-likeness (QED) is 0.553. The molecule has 1 fully saturated rings. The van der Waals surface area contributed by atoms with Crippen LogP contribution in [0.2, 0.25) is 0 Å². The van der Waals surface area contributed by atoms with E-state index in [1.54, 1.807) is 55.8 Å². The summed E-state index contributed by atoms with van der Waals surface area (Å²) in [4.78, 5) is 40.5. The molecule has 0 atom stereocenters. The molecule has 2 N–H and O–H groups in total. The van der Waals surface area contributed by atoms with Crippen molar-refractivity contribution >= 4 is 29.7 Å². The first-order valence-electron chi connectivity index (χ1n) is 9.49. The van der Waals surface area contributed by atoms with Crippen molar-refractivity contribution < 1.29 is 19.1 Å². The Bertz CT molecular complexity index is 956. The van der Waals surface area contributed by atoms with Gasteiger partial charge in [-0.25, -0.2) is 9.78 Å². The van der Waals surface area contributed by atoms with Crippen molar-refractivity contribution in [3.63, 3.8) is 0 Å². The van der Waals surface area contributed by atoms with Crippen LogP contribution < -0.4 is 10.6 Å². The molecule has 0 aliphatic heterocycles. The second-order valence-electron chi connectivity index (χ2n) is 6.83. The van der Waals surface area contributed by atoms with Gasteiger partial charge in [0.1, 0.15) is 11.6 Å². The predicted molar refractivity (Wildman–Crippen MR) is 108 cm³/mol. The highest BCUT2D eigenvalue weighted by Crippen LogP contribution is 2.20. The average Bonchev–Trinajstić information content (AvgIpc) is 3.48. The van der Waals surface area contributed by atoms with E-state index in [4.69, 9.17) is 4.74 Å². The van der Waals surface area contributed by atoms with Crippen LogP contribution in [0.15, 0.2) is 30.3 Å². The second kappa shape index (κ2) is 8.72. The second-order valence-corrected chi connectivity index (χ2v) is 6.83. The molecule has 3 rings (SSSR count). The molecular formula is C21H24N4O4. The predicted octanol–water partition coefficient (Wildman–Crippen LogP) is 2.45. The number of aryl methyl sites for hydroxylation is 1. The highest BCUT2D eigenvalue weighted by molar-refractivity contribution is 6.05. The van der Waals surface area contributed by atoms with Crippen LogP contribution in [0.25, 0.3) is 6.08 Å². The van der Waals surface area contributed by atoms with Crippen molar-refractivity contribution in [3.05, 3.63) is 53.0 Å². The molecule has 1 aromatic heterocycles. The monoisotopic (exact) mass is 396 g/mol. The highest BCUT2D eigenvalue weighted by atomic mass is 16.5. The number of imidazole rings is 1. The fourth-order valence-electron chi connectivity index (χ4n) is 2.67. The lowest BCUT2D eigenvalue weighted by Gasteiger charge is -2.07. The van der Waals surface area contributed by atoms with Crippen LogP contribution in [0, 0.1) is 6.92 Å². The molecule has 0 unspecified atom stereocenters. The number of esters is 1. The molecule has 8 heteroatoms. The minimum absolute atomic E-state index is 0.0691. The molecule has 2 aromatic rings. The molecule has 0 bridgehead atoms. The Morgan fingerprint density at radius 2 is 1.93 bits per heavy atom. The van der Waals surface area contributed by atoms with Crippen molar-refractivity contribution in [1.82, 2.24) is 14.9 Å². The number of anilines is 1. The van der Waals surface area contributed by atoms with Gasteiger partial charge in [-0.1, -0.05) is 12.1 Å². The normalized spacial score (nSPS) is 13.3. The summed E-state index contributed by atoms with van der Waals surface area (Å²) in [5.41, 5.74) is 1.43. The molecule has 8 nitrogen and oxygen atoms in total. The molecule has 1 heterocycles. The molecular weight excluding hydrogens is 372 g/mol. The molecule has 152 valence electrons. The number of carbonyl (C=O) groups is 3. The minimum atomic E-state index is -0.587. The van der Waals surface area contributed by atoms with E-state index in [9.17, 15) is 14.4 Å². The summed E-state index contributed by atoms with van der Waals surface area (Å²) in [6.07, 6.45) is 5.06. The molecule has 2 amide bonds. The van der Waals surface area contributed by atoms with E-state index < -0.39 is 11.9 Å². The number of hydrogen-bond donors (Lipinski definition) is 2. The van der Waals surface area contributed by atoms with E-state index >= 15 is 0 Å². The molecule has 0 spiro atoms. The summed E-state index contributed by atoms with van der Waals surface area (Å²) in [5.74, 6) is -0.224. The lowest BCUT2D eigenvalue weighted by atomic mass is 10.1. The molecule has 1 aliphatic rings. The summed E-state index contributed by atoms with van der Waals surface area (Å²) in [7, 11) is 1.70. The van der Waals surface area contributed by atoms with Gasteiger partial charge >= 0.3 is 5.97 Å². The van der Waals surface area contributed by atoms with Gasteiger partial charge in [0.15, 0.2) is 5.69 Å². The number of hydrogen-bond acceptors (Lipinski definition) is 5. The highest BCUT2D eigenvalue weighted by Gasteiger charge is 2.23. The van der Waals surface area contributed by atoms with Crippen molar-refractivity contribution in [2.45, 2.75) is 32.7 Å². The van der Waals surface area contributed by atoms with Gasteiger partial charge in [-0.05, 0) is 50.5 Å². The zero-order valence-electron chi connectivity index (χ0n) is 16.7. The fourth-order valence-corrected chi connectivity index (χ4v) is 2.67. The Morgan fingerprint density at radius 3 is 2.55 bits per heavy atom. The van der Waals surface area contributed by atoms with Gasteiger partial charge in [-0.3, -0.25) is 9.59 Å². The SMILES string of the molecule is CCOC(=O)c1nc(C)n(C)c1NC(=O)/C=C/c1ccc(C(=O)NC2CC2)cc1. The number of ether oxygens (including phenoxy) is 1. The van der Waals surface area contributed by atoms with E-state index in [-0.39, 0.29) is 24.0 Å². The van der Waals surface area contributed by atoms with Gasteiger partial charge in [-0.2, -0.15) is 0 Å². The number of aromatic nitrogens is 2. The van der Waals surface area contributed by atoms with Crippen LogP contribution >= 0.6 is 0 Å². The Morgan fingerprint density at radius 1 is 1.24 bits per heavy atom. The van der Waals surface area contributed by atoms with Gasteiger partial charge in [0.25, 0.3) is 5.91 Å². The van der Waals surface area contributed by atoms with Crippen LogP contribution in [-0.4, -0.2) is 40.0 Å². The number of carbonyl (C=O) groups excluding carboxylic acids is 3. The topological polar surface area (TPSA) is 102 Å². The van der Waals surface area contributed by atoms with Crippen molar-refractivity contribution in [1.29, 1.82) is 0 Å². The number of nitrogens with zero attached hydrogens (tertiary/aromatic N) is 2. The third-order valence-corrected chi connectivity index (χ3v) is 4.54.